The van der Waals surface area contributed by atoms with Gasteiger partial charge in [-0.2, -0.15) is 0 Å². The number of carbonyl (C=O) groups is 1. The van der Waals surface area contributed by atoms with Gasteiger partial charge in [-0.05, 0) is 12.1 Å². The molecule has 1 rings (SSSR count). The molecule has 0 radical (unpaired) electrons. The van der Waals surface area contributed by atoms with Gasteiger partial charge in [-0.1, -0.05) is 97.1 Å². The van der Waals surface area contributed by atoms with Gasteiger partial charge in [0.15, 0.2) is 5.78 Å². The van der Waals surface area contributed by atoms with E-state index < -0.39 is 5.41 Å². The molecule has 0 atom stereocenters. The molecule has 6 heteroatoms. The summed E-state index contributed by atoms with van der Waals surface area (Å²) in [6.07, 6.45) is 0. The number of allylic oxidation sites excluding steroid dienone is 3. The second kappa shape index (κ2) is 7.94. The monoisotopic (exact) mass is 382 g/mol. The molecule has 0 saturated heterocycles. The quantitative estimate of drug-likeness (QED) is 0.325. The van der Waals surface area contributed by atoms with Crippen molar-refractivity contribution in [2.75, 3.05) is 0 Å². The van der Waals surface area contributed by atoms with E-state index in [0.29, 0.717) is 0 Å². The average molecular weight is 384 g/mol. The number of hydrogen-bond donors (Lipinski definition) is 0. The molecular formula is C15H14Cl4OS. The molecular weight excluding hydrogens is 370 g/mol. The Labute approximate surface area is 149 Å². The van der Waals surface area contributed by atoms with Crippen LogP contribution in [0.4, 0.5) is 0 Å². The van der Waals surface area contributed by atoms with Crippen LogP contribution < -0.4 is 0 Å². The van der Waals surface area contributed by atoms with Crippen molar-refractivity contribution in [3.63, 3.8) is 0 Å². The fourth-order valence-electron chi connectivity index (χ4n) is 1.25. The molecule has 0 aliphatic heterocycles. The van der Waals surface area contributed by atoms with Crippen LogP contribution in [0.3, 0.4) is 0 Å². The van der Waals surface area contributed by atoms with E-state index in [9.17, 15) is 4.79 Å². The average Bonchev–Trinajstić information content (AvgIpc) is 2.44. The SMILES string of the molecule is CC(C)(C)C(=O)/C(Cl)=C(Cl)\C(Cl)=C(/Cl)Sc1ccccc1. The predicted octanol–water partition coefficient (Wildman–Crippen LogP) is 6.73. The Morgan fingerprint density at radius 2 is 1.43 bits per heavy atom. The summed E-state index contributed by atoms with van der Waals surface area (Å²) in [5.41, 5.74) is -0.645. The highest BCUT2D eigenvalue weighted by Gasteiger charge is 2.27. The number of Topliss-reactive ketones (excluding diaryl/α,β-unsaturated/α-hetero) is 1. The van der Waals surface area contributed by atoms with Gasteiger partial charge in [0.05, 0.1) is 14.4 Å². The molecule has 21 heavy (non-hydrogen) atoms. The van der Waals surface area contributed by atoms with E-state index in [1.54, 1.807) is 20.8 Å². The molecule has 0 saturated carbocycles. The van der Waals surface area contributed by atoms with E-state index in [1.165, 1.54) is 11.8 Å². The van der Waals surface area contributed by atoms with E-state index >= 15 is 0 Å². The molecule has 0 amide bonds. The Hall–Kier alpha value is -0.120. The normalized spacial score (nSPS) is 14.4. The van der Waals surface area contributed by atoms with Crippen molar-refractivity contribution in [3.05, 3.63) is 49.8 Å². The van der Waals surface area contributed by atoms with Crippen LogP contribution in [0.5, 0.6) is 0 Å². The third-order valence-corrected chi connectivity index (χ3v) is 5.22. The lowest BCUT2D eigenvalue weighted by molar-refractivity contribution is -0.121. The number of rotatable bonds is 4. The maximum absolute atomic E-state index is 12.1. The minimum atomic E-state index is -0.645. The third kappa shape index (κ3) is 5.54. The van der Waals surface area contributed by atoms with Crippen LogP contribution >= 0.6 is 58.2 Å². The van der Waals surface area contributed by atoms with Gasteiger partial charge >= 0.3 is 0 Å². The molecule has 1 aromatic rings. The molecule has 1 nitrogen and oxygen atoms in total. The van der Waals surface area contributed by atoms with Crippen LogP contribution in [0.2, 0.25) is 0 Å². The summed E-state index contributed by atoms with van der Waals surface area (Å²) in [4.78, 5) is 13.0. The van der Waals surface area contributed by atoms with Gasteiger partial charge in [0.1, 0.15) is 5.03 Å². The molecule has 0 N–H and O–H groups in total. The van der Waals surface area contributed by atoms with E-state index in [0.717, 1.165) is 4.90 Å². The molecule has 0 aliphatic rings. The fourth-order valence-corrected chi connectivity index (χ4v) is 3.22. The van der Waals surface area contributed by atoms with Gasteiger partial charge in [0.25, 0.3) is 0 Å². The summed E-state index contributed by atoms with van der Waals surface area (Å²) in [6.45, 7) is 5.25. The topological polar surface area (TPSA) is 17.1 Å². The summed E-state index contributed by atoms with van der Waals surface area (Å²) >= 11 is 25.6. The largest absolute Gasteiger partial charge is 0.293 e. The summed E-state index contributed by atoms with van der Waals surface area (Å²) < 4.78 is 0.257. The first-order chi connectivity index (χ1) is 9.64. The maximum Gasteiger partial charge on any atom is 0.181 e. The van der Waals surface area contributed by atoms with Crippen molar-refractivity contribution < 1.29 is 4.79 Å². The van der Waals surface area contributed by atoms with E-state index in [1.807, 2.05) is 30.3 Å². The Morgan fingerprint density at radius 1 is 0.905 bits per heavy atom. The molecule has 1 aromatic carbocycles. The van der Waals surface area contributed by atoms with Crippen LogP contribution in [0.1, 0.15) is 20.8 Å². The van der Waals surface area contributed by atoms with Crippen molar-refractivity contribution in [1.29, 1.82) is 0 Å². The molecule has 114 valence electrons. The number of hydrogen-bond acceptors (Lipinski definition) is 2. The molecule has 0 spiro atoms. The zero-order valence-electron chi connectivity index (χ0n) is 11.7. The molecule has 0 aliphatic carbocycles. The zero-order chi connectivity index (χ0) is 16.2. The molecule has 0 aromatic heterocycles. The lowest BCUT2D eigenvalue weighted by atomic mass is 9.90. The third-order valence-electron chi connectivity index (χ3n) is 2.39. The Kier molecular flexibility index (Phi) is 7.15. The fraction of sp³-hybridized carbons (Fsp3) is 0.267. The zero-order valence-corrected chi connectivity index (χ0v) is 15.6. The maximum atomic E-state index is 12.1. The molecule has 0 unspecified atom stereocenters. The highest BCUT2D eigenvalue weighted by Crippen LogP contribution is 2.39. The minimum absolute atomic E-state index is 0.0355. The van der Waals surface area contributed by atoms with Crippen molar-refractivity contribution in [2.24, 2.45) is 5.41 Å². The summed E-state index contributed by atoms with van der Waals surface area (Å²) in [6, 6.07) is 9.43. The number of benzene rings is 1. The standard InChI is InChI=1S/C15H14Cl4OS/c1-15(2,3)13(20)11(17)10(16)12(18)14(19)21-9-7-5-4-6-8-9/h4-8H,1-3H3/b11-10-,14-12-. The number of ketones is 1. The molecule has 0 heterocycles. The smallest absolute Gasteiger partial charge is 0.181 e. The van der Waals surface area contributed by atoms with Crippen molar-refractivity contribution in [2.45, 2.75) is 25.7 Å². The van der Waals surface area contributed by atoms with Crippen LogP contribution in [0, 0.1) is 5.41 Å². The van der Waals surface area contributed by atoms with E-state index in [-0.39, 0.29) is 25.2 Å². The first kappa shape index (κ1) is 18.9. The Morgan fingerprint density at radius 3 is 1.90 bits per heavy atom. The molecule has 0 fully saturated rings. The van der Waals surface area contributed by atoms with Gasteiger partial charge in [-0.25, -0.2) is 0 Å². The lowest BCUT2D eigenvalue weighted by Crippen LogP contribution is -2.20. The number of carbonyl (C=O) groups excluding carboxylic acids is 1. The molecule has 0 bridgehead atoms. The summed E-state index contributed by atoms with van der Waals surface area (Å²) in [7, 11) is 0. The second-order valence-electron chi connectivity index (χ2n) is 5.21. The van der Waals surface area contributed by atoms with Crippen LogP contribution in [0.15, 0.2) is 54.7 Å². The van der Waals surface area contributed by atoms with Crippen molar-refractivity contribution in [3.8, 4) is 0 Å². The van der Waals surface area contributed by atoms with Gasteiger partial charge < -0.3 is 0 Å². The minimum Gasteiger partial charge on any atom is -0.293 e. The summed E-state index contributed by atoms with van der Waals surface area (Å²) in [5, 5.41) is -0.0811. The van der Waals surface area contributed by atoms with Crippen LogP contribution in [0.25, 0.3) is 0 Å². The Bertz CT molecular complexity index is 585. The van der Waals surface area contributed by atoms with E-state index in [2.05, 4.69) is 0 Å². The van der Waals surface area contributed by atoms with Gasteiger partial charge in [-0.3, -0.25) is 4.79 Å². The number of halogens is 4. The van der Waals surface area contributed by atoms with Gasteiger partial charge in [0.2, 0.25) is 0 Å². The second-order valence-corrected chi connectivity index (χ2v) is 8.03. The van der Waals surface area contributed by atoms with Crippen LogP contribution in [-0.2, 0) is 4.79 Å². The predicted molar refractivity (Wildman–Crippen MR) is 94.2 cm³/mol. The Balaban J connectivity index is 3.07. The lowest BCUT2D eigenvalue weighted by Gasteiger charge is -2.16. The van der Waals surface area contributed by atoms with Gasteiger partial charge in [-0.15, -0.1) is 0 Å². The first-order valence-electron chi connectivity index (χ1n) is 6.03. The number of thioether (sulfide) groups is 1. The van der Waals surface area contributed by atoms with Crippen LogP contribution in [-0.4, -0.2) is 5.78 Å². The summed E-state index contributed by atoms with van der Waals surface area (Å²) in [5.74, 6) is -0.290. The highest BCUT2D eigenvalue weighted by molar-refractivity contribution is 8.04. The first-order valence-corrected chi connectivity index (χ1v) is 8.36. The van der Waals surface area contributed by atoms with E-state index in [4.69, 9.17) is 46.4 Å². The highest BCUT2D eigenvalue weighted by atomic mass is 35.5. The van der Waals surface area contributed by atoms with Crippen molar-refractivity contribution in [1.82, 2.24) is 0 Å². The van der Waals surface area contributed by atoms with Gasteiger partial charge in [0, 0.05) is 10.3 Å². The van der Waals surface area contributed by atoms with Crippen molar-refractivity contribution >= 4 is 63.9 Å².